The summed E-state index contributed by atoms with van der Waals surface area (Å²) in [5.41, 5.74) is 1.28. The molecule has 0 bridgehead atoms. The second-order valence-electron chi connectivity index (χ2n) is 8.98. The first-order valence-corrected chi connectivity index (χ1v) is 9.46. The van der Waals surface area contributed by atoms with Gasteiger partial charge in [0.15, 0.2) is 0 Å². The molecule has 138 valence electrons. The van der Waals surface area contributed by atoms with Gasteiger partial charge in [-0.15, -0.1) is 0 Å². The van der Waals surface area contributed by atoms with Crippen molar-refractivity contribution < 1.29 is 9.53 Å². The van der Waals surface area contributed by atoms with Crippen molar-refractivity contribution in [2.45, 2.75) is 46.6 Å². The molecule has 0 aliphatic carbocycles. The van der Waals surface area contributed by atoms with Crippen LogP contribution in [0.3, 0.4) is 0 Å². The van der Waals surface area contributed by atoms with E-state index in [0.29, 0.717) is 12.5 Å². The number of carbonyl (C=O) groups is 1. The van der Waals surface area contributed by atoms with Crippen LogP contribution < -0.4 is 4.74 Å². The van der Waals surface area contributed by atoms with Crippen LogP contribution in [-0.4, -0.2) is 49.0 Å². The van der Waals surface area contributed by atoms with Gasteiger partial charge in [-0.2, -0.15) is 0 Å². The van der Waals surface area contributed by atoms with Crippen molar-refractivity contribution in [1.29, 1.82) is 0 Å². The lowest BCUT2D eigenvalue weighted by molar-refractivity contribution is -0.146. The molecule has 3 rings (SSSR count). The second-order valence-corrected chi connectivity index (χ2v) is 8.98. The molecule has 4 heteroatoms. The van der Waals surface area contributed by atoms with Crippen LogP contribution >= 0.6 is 0 Å². The number of piperidine rings is 1. The molecule has 1 unspecified atom stereocenters. The molecule has 2 fully saturated rings. The van der Waals surface area contributed by atoms with Gasteiger partial charge in [0.05, 0.1) is 12.5 Å². The lowest BCUT2D eigenvalue weighted by Crippen LogP contribution is -2.50. The SMILES string of the molecule is COc1cccc(CN2CCCC3(CCN(CC(C)(C)C)C3)C2=O)c1. The van der Waals surface area contributed by atoms with Gasteiger partial charge in [-0.1, -0.05) is 32.9 Å². The van der Waals surface area contributed by atoms with Crippen molar-refractivity contribution >= 4 is 5.91 Å². The number of benzene rings is 1. The third kappa shape index (κ3) is 4.17. The Balaban J connectivity index is 1.69. The van der Waals surface area contributed by atoms with Gasteiger partial charge in [0.25, 0.3) is 0 Å². The number of rotatable bonds is 4. The summed E-state index contributed by atoms with van der Waals surface area (Å²) in [5, 5.41) is 0. The fourth-order valence-electron chi connectivity index (χ4n) is 4.44. The van der Waals surface area contributed by atoms with E-state index < -0.39 is 0 Å². The second kappa shape index (κ2) is 6.99. The number of likely N-dealkylation sites (tertiary alicyclic amines) is 2. The van der Waals surface area contributed by atoms with Gasteiger partial charge in [0.1, 0.15) is 5.75 Å². The maximum Gasteiger partial charge on any atom is 0.230 e. The van der Waals surface area contributed by atoms with Crippen molar-refractivity contribution in [2.75, 3.05) is 33.3 Å². The molecule has 1 spiro atoms. The van der Waals surface area contributed by atoms with Crippen molar-refractivity contribution in [3.8, 4) is 5.75 Å². The lowest BCUT2D eigenvalue weighted by Gasteiger charge is -2.40. The molecule has 2 saturated heterocycles. The third-order valence-corrected chi connectivity index (χ3v) is 5.46. The zero-order valence-corrected chi connectivity index (χ0v) is 16.2. The van der Waals surface area contributed by atoms with E-state index in [1.54, 1.807) is 7.11 Å². The minimum Gasteiger partial charge on any atom is -0.497 e. The molecule has 4 nitrogen and oxygen atoms in total. The molecule has 1 amide bonds. The molecule has 2 aliphatic heterocycles. The van der Waals surface area contributed by atoms with Crippen LogP contribution in [-0.2, 0) is 11.3 Å². The highest BCUT2D eigenvalue weighted by Gasteiger charge is 2.48. The smallest absolute Gasteiger partial charge is 0.230 e. The number of carbonyl (C=O) groups excluding carboxylic acids is 1. The predicted molar refractivity (Wildman–Crippen MR) is 101 cm³/mol. The molecule has 2 heterocycles. The zero-order chi connectivity index (χ0) is 18.1. The first kappa shape index (κ1) is 18.2. The molecule has 0 saturated carbocycles. The average molecular weight is 344 g/mol. The Morgan fingerprint density at radius 2 is 2.00 bits per heavy atom. The van der Waals surface area contributed by atoms with Crippen molar-refractivity contribution in [3.63, 3.8) is 0 Å². The highest BCUT2D eigenvalue weighted by atomic mass is 16.5. The minimum atomic E-state index is -0.150. The summed E-state index contributed by atoms with van der Waals surface area (Å²) < 4.78 is 5.31. The van der Waals surface area contributed by atoms with Crippen LogP contribution in [0.15, 0.2) is 24.3 Å². The first-order chi connectivity index (χ1) is 11.8. The average Bonchev–Trinajstić information content (AvgIpc) is 2.94. The molecule has 0 aromatic heterocycles. The van der Waals surface area contributed by atoms with Gasteiger partial charge >= 0.3 is 0 Å². The third-order valence-electron chi connectivity index (χ3n) is 5.46. The van der Waals surface area contributed by atoms with Crippen molar-refractivity contribution in [3.05, 3.63) is 29.8 Å². The van der Waals surface area contributed by atoms with Gasteiger partial charge in [-0.25, -0.2) is 0 Å². The quantitative estimate of drug-likeness (QED) is 0.837. The van der Waals surface area contributed by atoms with E-state index in [1.165, 1.54) is 0 Å². The van der Waals surface area contributed by atoms with Gasteiger partial charge < -0.3 is 14.5 Å². The molecule has 0 radical (unpaired) electrons. The topological polar surface area (TPSA) is 32.8 Å². The molecule has 1 aromatic carbocycles. The molecular weight excluding hydrogens is 312 g/mol. The molecule has 1 aromatic rings. The number of nitrogens with zero attached hydrogens (tertiary/aromatic N) is 2. The van der Waals surface area contributed by atoms with E-state index in [4.69, 9.17) is 4.74 Å². The molecule has 2 aliphatic rings. The van der Waals surface area contributed by atoms with Gasteiger partial charge in [0.2, 0.25) is 5.91 Å². The van der Waals surface area contributed by atoms with Crippen LogP contribution in [0.1, 0.15) is 45.6 Å². The van der Waals surface area contributed by atoms with Crippen LogP contribution in [0.2, 0.25) is 0 Å². The first-order valence-electron chi connectivity index (χ1n) is 9.46. The summed E-state index contributed by atoms with van der Waals surface area (Å²) in [6.07, 6.45) is 3.16. The van der Waals surface area contributed by atoms with Crippen LogP contribution in [0.5, 0.6) is 5.75 Å². The maximum absolute atomic E-state index is 13.3. The Morgan fingerprint density at radius 3 is 2.72 bits per heavy atom. The van der Waals surface area contributed by atoms with Crippen LogP contribution in [0.4, 0.5) is 0 Å². The summed E-state index contributed by atoms with van der Waals surface area (Å²) >= 11 is 0. The normalized spacial score (nSPS) is 25.0. The summed E-state index contributed by atoms with van der Waals surface area (Å²) in [4.78, 5) is 17.8. The number of hydrogen-bond acceptors (Lipinski definition) is 3. The maximum atomic E-state index is 13.3. The molecule has 25 heavy (non-hydrogen) atoms. The standard InChI is InChI=1S/C21H32N2O2/c1-20(2,3)15-22-12-10-21(16-22)9-6-11-23(19(21)24)14-17-7-5-8-18(13-17)25-4/h5,7-8,13H,6,9-12,14-16H2,1-4H3. The van der Waals surface area contributed by atoms with E-state index >= 15 is 0 Å². The van der Waals surface area contributed by atoms with Gasteiger partial charge in [0, 0.05) is 26.2 Å². The summed E-state index contributed by atoms with van der Waals surface area (Å²) in [5.74, 6) is 1.21. The largest absolute Gasteiger partial charge is 0.497 e. The number of ether oxygens (including phenoxy) is 1. The lowest BCUT2D eigenvalue weighted by atomic mass is 9.78. The minimum absolute atomic E-state index is 0.150. The molecule has 0 N–H and O–H groups in total. The Kier molecular flexibility index (Phi) is 5.10. The van der Waals surface area contributed by atoms with E-state index in [-0.39, 0.29) is 10.8 Å². The summed E-state index contributed by atoms with van der Waals surface area (Å²) in [6.45, 7) is 11.4. The zero-order valence-electron chi connectivity index (χ0n) is 16.2. The summed E-state index contributed by atoms with van der Waals surface area (Å²) in [7, 11) is 1.68. The van der Waals surface area contributed by atoms with E-state index in [9.17, 15) is 4.79 Å². The van der Waals surface area contributed by atoms with E-state index in [1.807, 2.05) is 18.2 Å². The van der Waals surface area contributed by atoms with E-state index in [2.05, 4.69) is 36.6 Å². The highest BCUT2D eigenvalue weighted by molar-refractivity contribution is 5.84. The summed E-state index contributed by atoms with van der Waals surface area (Å²) in [6, 6.07) is 8.07. The van der Waals surface area contributed by atoms with E-state index in [0.717, 1.165) is 56.8 Å². The van der Waals surface area contributed by atoms with Crippen LogP contribution in [0, 0.1) is 10.8 Å². The van der Waals surface area contributed by atoms with Crippen molar-refractivity contribution in [2.24, 2.45) is 10.8 Å². The Labute approximate surface area is 152 Å². The fourth-order valence-corrected chi connectivity index (χ4v) is 4.44. The Bertz CT molecular complexity index is 623. The number of hydrogen-bond donors (Lipinski definition) is 0. The van der Waals surface area contributed by atoms with Gasteiger partial charge in [-0.05, 0) is 48.9 Å². The Morgan fingerprint density at radius 1 is 1.20 bits per heavy atom. The number of amides is 1. The predicted octanol–water partition coefficient (Wildman–Crippen LogP) is 3.56. The fraction of sp³-hybridized carbons (Fsp3) is 0.667. The molecular formula is C21H32N2O2. The Hall–Kier alpha value is -1.55. The van der Waals surface area contributed by atoms with Gasteiger partial charge in [-0.3, -0.25) is 4.79 Å². The highest BCUT2D eigenvalue weighted by Crippen LogP contribution is 2.41. The van der Waals surface area contributed by atoms with Crippen molar-refractivity contribution in [1.82, 2.24) is 9.80 Å². The van der Waals surface area contributed by atoms with Crippen LogP contribution in [0.25, 0.3) is 0 Å². The monoisotopic (exact) mass is 344 g/mol. The molecule has 1 atom stereocenters. The number of methoxy groups -OCH3 is 1.